The molecule has 0 bridgehead atoms. The first-order chi connectivity index (χ1) is 16.6. The fourth-order valence-corrected chi connectivity index (χ4v) is 3.16. The number of hydrogen-bond donors (Lipinski definition) is 3. The summed E-state index contributed by atoms with van der Waals surface area (Å²) in [5.41, 5.74) is 6.04. The first kappa shape index (κ1) is 22.8. The van der Waals surface area contributed by atoms with Gasteiger partial charge < -0.3 is 14.8 Å². The van der Waals surface area contributed by atoms with E-state index in [1.807, 2.05) is 30.3 Å². The number of carbonyl (C=O) groups excluding carboxylic acids is 3. The molecule has 0 unspecified atom stereocenters. The van der Waals surface area contributed by atoms with Crippen molar-refractivity contribution in [2.45, 2.75) is 12.8 Å². The Bertz CT molecular complexity index is 1140. The van der Waals surface area contributed by atoms with E-state index in [4.69, 9.17) is 9.47 Å². The molecule has 8 nitrogen and oxygen atoms in total. The van der Waals surface area contributed by atoms with E-state index in [9.17, 15) is 14.4 Å². The molecule has 3 aromatic rings. The van der Waals surface area contributed by atoms with Gasteiger partial charge in [0.1, 0.15) is 24.7 Å². The van der Waals surface area contributed by atoms with Crippen molar-refractivity contribution in [2.75, 3.05) is 18.5 Å². The van der Waals surface area contributed by atoms with Crippen LogP contribution in [0.4, 0.5) is 5.69 Å². The number of para-hydroxylation sites is 2. The molecule has 0 aromatic heterocycles. The molecule has 0 aliphatic heterocycles. The van der Waals surface area contributed by atoms with Crippen molar-refractivity contribution in [1.29, 1.82) is 0 Å². The lowest BCUT2D eigenvalue weighted by Gasteiger charge is -2.13. The summed E-state index contributed by atoms with van der Waals surface area (Å²) in [6, 6.07) is 22.6. The van der Waals surface area contributed by atoms with Gasteiger partial charge in [-0.3, -0.25) is 25.2 Å². The normalized spacial score (nSPS) is 12.4. The van der Waals surface area contributed by atoms with E-state index in [1.165, 1.54) is 0 Å². The van der Waals surface area contributed by atoms with Crippen LogP contribution in [0.1, 0.15) is 33.6 Å². The van der Waals surface area contributed by atoms with Gasteiger partial charge in [0, 0.05) is 17.2 Å². The molecule has 1 saturated carbocycles. The number of rotatable bonds is 9. The standard InChI is InChI=1S/C26H25N3O5/c30-24(18-10-11-18)27-20-14-12-19(13-15-20)25(31)28-29-26(32)22-8-4-5-9-23(22)34-17-16-33-21-6-2-1-3-7-21/h1-9,12-15,18H,10-11,16-17H2,(H,27,30)(H,28,31)(H,29,32). The lowest BCUT2D eigenvalue weighted by Crippen LogP contribution is -2.41. The third-order valence-electron chi connectivity index (χ3n) is 5.14. The third kappa shape index (κ3) is 6.35. The maximum Gasteiger partial charge on any atom is 0.273 e. The Morgan fingerprint density at radius 2 is 1.38 bits per heavy atom. The summed E-state index contributed by atoms with van der Waals surface area (Å²) in [6.07, 6.45) is 1.84. The predicted molar refractivity (Wildman–Crippen MR) is 127 cm³/mol. The second-order valence-corrected chi connectivity index (χ2v) is 7.76. The Morgan fingerprint density at radius 3 is 2.12 bits per heavy atom. The van der Waals surface area contributed by atoms with E-state index >= 15 is 0 Å². The van der Waals surface area contributed by atoms with E-state index in [0.717, 1.165) is 18.6 Å². The first-order valence-corrected chi connectivity index (χ1v) is 11.0. The minimum Gasteiger partial charge on any atom is -0.490 e. The number of hydrogen-bond acceptors (Lipinski definition) is 5. The second kappa shape index (κ2) is 11.0. The quantitative estimate of drug-likeness (QED) is 0.335. The molecule has 0 spiro atoms. The lowest BCUT2D eigenvalue weighted by atomic mass is 10.2. The minimum absolute atomic E-state index is 0.00280. The molecule has 1 aliphatic rings. The molecule has 0 atom stereocenters. The van der Waals surface area contributed by atoms with Gasteiger partial charge in [0.2, 0.25) is 5.91 Å². The first-order valence-electron chi connectivity index (χ1n) is 11.0. The van der Waals surface area contributed by atoms with Gasteiger partial charge in [0.15, 0.2) is 0 Å². The Labute approximate surface area is 197 Å². The average Bonchev–Trinajstić information content (AvgIpc) is 3.72. The predicted octanol–water partition coefficient (Wildman–Crippen LogP) is 3.57. The SMILES string of the molecule is O=C(NNC(=O)c1ccccc1OCCOc1ccccc1)c1ccc(NC(=O)C2CC2)cc1. The highest BCUT2D eigenvalue weighted by Gasteiger charge is 2.29. The minimum atomic E-state index is -0.513. The molecule has 3 amide bonds. The topological polar surface area (TPSA) is 106 Å². The largest absolute Gasteiger partial charge is 0.490 e. The van der Waals surface area contributed by atoms with Gasteiger partial charge in [-0.15, -0.1) is 0 Å². The molecule has 0 heterocycles. The van der Waals surface area contributed by atoms with E-state index in [0.29, 0.717) is 23.6 Å². The van der Waals surface area contributed by atoms with Gasteiger partial charge in [-0.1, -0.05) is 30.3 Å². The molecular weight excluding hydrogens is 434 g/mol. The molecule has 174 valence electrons. The van der Waals surface area contributed by atoms with Gasteiger partial charge in [-0.2, -0.15) is 0 Å². The number of hydrazine groups is 1. The number of nitrogens with one attached hydrogen (secondary N) is 3. The maximum absolute atomic E-state index is 12.6. The zero-order valence-corrected chi connectivity index (χ0v) is 18.5. The number of amides is 3. The number of anilines is 1. The maximum atomic E-state index is 12.6. The Morgan fingerprint density at radius 1 is 0.735 bits per heavy atom. The van der Waals surface area contributed by atoms with Crippen molar-refractivity contribution in [3.8, 4) is 11.5 Å². The summed E-state index contributed by atoms with van der Waals surface area (Å²) in [4.78, 5) is 36.8. The number of ether oxygens (including phenoxy) is 2. The zero-order chi connectivity index (χ0) is 23.8. The van der Waals surface area contributed by atoms with E-state index < -0.39 is 11.8 Å². The monoisotopic (exact) mass is 459 g/mol. The van der Waals surface area contributed by atoms with Crippen LogP contribution in [-0.4, -0.2) is 30.9 Å². The van der Waals surface area contributed by atoms with Crippen molar-refractivity contribution < 1.29 is 23.9 Å². The van der Waals surface area contributed by atoms with Gasteiger partial charge in [0.05, 0.1) is 5.56 Å². The molecule has 1 aliphatic carbocycles. The molecule has 4 rings (SSSR count). The van der Waals surface area contributed by atoms with Crippen LogP contribution in [0.2, 0.25) is 0 Å². The molecule has 8 heteroatoms. The molecule has 3 N–H and O–H groups in total. The molecule has 0 radical (unpaired) electrons. The van der Waals surface area contributed by atoms with Gasteiger partial charge >= 0.3 is 0 Å². The van der Waals surface area contributed by atoms with Crippen LogP contribution in [0.15, 0.2) is 78.9 Å². The van der Waals surface area contributed by atoms with Crippen molar-refractivity contribution in [3.05, 3.63) is 90.0 Å². The molecule has 1 fully saturated rings. The van der Waals surface area contributed by atoms with Crippen molar-refractivity contribution in [2.24, 2.45) is 5.92 Å². The summed E-state index contributed by atoms with van der Waals surface area (Å²) in [6.45, 7) is 0.559. The van der Waals surface area contributed by atoms with E-state index in [-0.39, 0.29) is 24.0 Å². The molecule has 3 aromatic carbocycles. The summed E-state index contributed by atoms with van der Waals surface area (Å²) >= 11 is 0. The molecule has 0 saturated heterocycles. The second-order valence-electron chi connectivity index (χ2n) is 7.76. The van der Waals surface area contributed by atoms with Gasteiger partial charge in [-0.25, -0.2) is 0 Å². The fourth-order valence-electron chi connectivity index (χ4n) is 3.16. The summed E-state index contributed by atoms with van der Waals surface area (Å²) in [7, 11) is 0. The Hall–Kier alpha value is -4.33. The van der Waals surface area contributed by atoms with Crippen LogP contribution in [0, 0.1) is 5.92 Å². The van der Waals surface area contributed by atoms with Crippen LogP contribution in [0.3, 0.4) is 0 Å². The highest BCUT2D eigenvalue weighted by molar-refractivity contribution is 6.01. The third-order valence-corrected chi connectivity index (χ3v) is 5.14. The van der Waals surface area contributed by atoms with Crippen molar-refractivity contribution in [3.63, 3.8) is 0 Å². The smallest absolute Gasteiger partial charge is 0.273 e. The van der Waals surface area contributed by atoms with Crippen LogP contribution >= 0.6 is 0 Å². The summed E-state index contributed by atoms with van der Waals surface area (Å²) in [5, 5.41) is 2.81. The van der Waals surface area contributed by atoms with Gasteiger partial charge in [-0.05, 0) is 61.4 Å². The van der Waals surface area contributed by atoms with Crippen LogP contribution in [0.25, 0.3) is 0 Å². The zero-order valence-electron chi connectivity index (χ0n) is 18.5. The van der Waals surface area contributed by atoms with E-state index in [1.54, 1.807) is 48.5 Å². The number of benzene rings is 3. The fraction of sp³-hybridized carbons (Fsp3) is 0.192. The lowest BCUT2D eigenvalue weighted by molar-refractivity contribution is -0.117. The van der Waals surface area contributed by atoms with Crippen LogP contribution in [0.5, 0.6) is 11.5 Å². The van der Waals surface area contributed by atoms with Crippen molar-refractivity contribution >= 4 is 23.4 Å². The van der Waals surface area contributed by atoms with Crippen molar-refractivity contribution in [1.82, 2.24) is 10.9 Å². The summed E-state index contributed by atoms with van der Waals surface area (Å²) in [5.74, 6) is 0.211. The Balaban J connectivity index is 1.26. The number of carbonyl (C=O) groups is 3. The Kier molecular flexibility index (Phi) is 7.39. The molecular formula is C26H25N3O5. The van der Waals surface area contributed by atoms with Crippen LogP contribution in [-0.2, 0) is 4.79 Å². The van der Waals surface area contributed by atoms with Gasteiger partial charge in [0.25, 0.3) is 11.8 Å². The molecule has 34 heavy (non-hydrogen) atoms. The van der Waals surface area contributed by atoms with Crippen LogP contribution < -0.4 is 25.6 Å². The highest BCUT2D eigenvalue weighted by atomic mass is 16.5. The average molecular weight is 460 g/mol. The van der Waals surface area contributed by atoms with E-state index in [2.05, 4.69) is 16.2 Å². The highest BCUT2D eigenvalue weighted by Crippen LogP contribution is 2.30. The summed E-state index contributed by atoms with van der Waals surface area (Å²) < 4.78 is 11.3.